The van der Waals surface area contributed by atoms with Gasteiger partial charge in [0.1, 0.15) is 0 Å². The van der Waals surface area contributed by atoms with Crippen LogP contribution < -0.4 is 5.32 Å². The van der Waals surface area contributed by atoms with Gasteiger partial charge >= 0.3 is 0 Å². The average Bonchev–Trinajstić information content (AvgIpc) is 2.53. The van der Waals surface area contributed by atoms with E-state index in [-0.39, 0.29) is 0 Å². The molecule has 1 aromatic rings. The number of hydrogen-bond donors (Lipinski definition) is 2. The first-order valence-corrected chi connectivity index (χ1v) is 4.68. The van der Waals surface area contributed by atoms with Crippen molar-refractivity contribution in [3.63, 3.8) is 0 Å². The van der Waals surface area contributed by atoms with Crippen LogP contribution in [-0.4, -0.2) is 12.0 Å². The second-order valence-corrected chi connectivity index (χ2v) is 4.20. The molecule has 1 heterocycles. The largest absolute Gasteiger partial charge is 0.367 e. The summed E-state index contributed by atoms with van der Waals surface area (Å²) >= 11 is 0. The van der Waals surface area contributed by atoms with E-state index in [1.165, 1.54) is 30.4 Å². The van der Waals surface area contributed by atoms with Crippen molar-refractivity contribution in [2.75, 3.05) is 7.05 Å². The number of hydrogen-bond acceptors (Lipinski definition) is 1. The van der Waals surface area contributed by atoms with E-state index >= 15 is 0 Å². The van der Waals surface area contributed by atoms with Crippen LogP contribution in [0.4, 0.5) is 0 Å². The first-order valence-electron chi connectivity index (χ1n) is 4.68. The first kappa shape index (κ1) is 6.72. The molecule has 1 spiro atoms. The molecule has 12 heavy (non-hydrogen) atoms. The second kappa shape index (κ2) is 1.94. The maximum atomic E-state index is 3.44. The Balaban J connectivity index is 2.07. The van der Waals surface area contributed by atoms with E-state index in [9.17, 15) is 0 Å². The minimum Gasteiger partial charge on any atom is -0.367 e. The number of fused-ring (bicyclic) bond motifs is 1. The van der Waals surface area contributed by atoms with Gasteiger partial charge in [-0.15, -0.1) is 0 Å². The molecule has 2 aliphatic rings. The van der Waals surface area contributed by atoms with E-state index in [0.717, 1.165) is 0 Å². The smallest absolute Gasteiger partial charge is 0.0395 e. The van der Waals surface area contributed by atoms with Gasteiger partial charge in [-0.2, -0.15) is 0 Å². The van der Waals surface area contributed by atoms with Crippen LogP contribution in [-0.2, 0) is 6.42 Å². The van der Waals surface area contributed by atoms with Gasteiger partial charge in [0, 0.05) is 18.4 Å². The summed E-state index contributed by atoms with van der Waals surface area (Å²) in [5.74, 6) is 0. The number of aromatic nitrogens is 1. The van der Waals surface area contributed by atoms with Crippen LogP contribution in [0.15, 0.2) is 12.4 Å². The van der Waals surface area contributed by atoms with Gasteiger partial charge < -0.3 is 10.3 Å². The molecule has 1 unspecified atom stereocenters. The van der Waals surface area contributed by atoms with Crippen molar-refractivity contribution in [3.8, 4) is 0 Å². The summed E-state index contributed by atoms with van der Waals surface area (Å²) in [5.41, 5.74) is 3.66. The number of rotatable bonds is 1. The molecule has 1 aromatic heterocycles. The summed E-state index contributed by atoms with van der Waals surface area (Å²) in [4.78, 5) is 3.19. The lowest BCUT2D eigenvalue weighted by atomic mass is 9.98. The highest BCUT2D eigenvalue weighted by Gasteiger charge is 2.54. The van der Waals surface area contributed by atoms with Gasteiger partial charge in [0.25, 0.3) is 0 Å². The molecule has 0 aliphatic heterocycles. The molecule has 0 aromatic carbocycles. The third-order valence-corrected chi connectivity index (χ3v) is 3.51. The monoisotopic (exact) mass is 162 g/mol. The van der Waals surface area contributed by atoms with Gasteiger partial charge in [-0.3, -0.25) is 0 Å². The van der Waals surface area contributed by atoms with E-state index < -0.39 is 0 Å². The van der Waals surface area contributed by atoms with Crippen molar-refractivity contribution in [1.82, 2.24) is 10.3 Å². The zero-order valence-corrected chi connectivity index (χ0v) is 7.35. The Morgan fingerprint density at radius 3 is 3.00 bits per heavy atom. The molecular formula is C10H14N2. The van der Waals surface area contributed by atoms with Crippen LogP contribution in [0.5, 0.6) is 0 Å². The molecule has 0 saturated heterocycles. The average molecular weight is 162 g/mol. The molecule has 2 heteroatoms. The third kappa shape index (κ3) is 0.643. The van der Waals surface area contributed by atoms with E-state index in [4.69, 9.17) is 0 Å². The highest BCUT2D eigenvalue weighted by Crippen LogP contribution is 2.61. The van der Waals surface area contributed by atoms with Crippen LogP contribution in [0.1, 0.15) is 30.0 Å². The Morgan fingerprint density at radius 2 is 2.33 bits per heavy atom. The molecule has 0 radical (unpaired) electrons. The number of aromatic amines is 1. The van der Waals surface area contributed by atoms with E-state index in [2.05, 4.69) is 29.7 Å². The molecular weight excluding hydrogens is 148 g/mol. The Labute approximate surface area is 72.4 Å². The Hall–Kier alpha value is -0.760. The van der Waals surface area contributed by atoms with Crippen LogP contribution in [0, 0.1) is 5.41 Å². The van der Waals surface area contributed by atoms with Crippen LogP contribution in [0.3, 0.4) is 0 Å². The molecule has 1 saturated carbocycles. The predicted molar refractivity (Wildman–Crippen MR) is 48.0 cm³/mol. The zero-order valence-electron chi connectivity index (χ0n) is 7.35. The Morgan fingerprint density at radius 1 is 1.50 bits per heavy atom. The standard InChI is InChI=1S/C10H14N2/c1-11-9-8-6-12-5-7(8)4-10(9)2-3-10/h5-6,9,11-12H,2-4H2,1H3. The van der Waals surface area contributed by atoms with Crippen molar-refractivity contribution < 1.29 is 0 Å². The summed E-state index contributed by atoms with van der Waals surface area (Å²) in [6, 6.07) is 0.624. The fourth-order valence-corrected chi connectivity index (χ4v) is 2.73. The lowest BCUT2D eigenvalue weighted by Crippen LogP contribution is -2.22. The first-order chi connectivity index (χ1) is 5.86. The van der Waals surface area contributed by atoms with Crippen molar-refractivity contribution in [2.24, 2.45) is 5.41 Å². The third-order valence-electron chi connectivity index (χ3n) is 3.51. The van der Waals surface area contributed by atoms with Crippen molar-refractivity contribution >= 4 is 0 Å². The molecule has 1 fully saturated rings. The van der Waals surface area contributed by atoms with E-state index in [0.29, 0.717) is 11.5 Å². The van der Waals surface area contributed by atoms with Crippen molar-refractivity contribution in [1.29, 1.82) is 0 Å². The second-order valence-electron chi connectivity index (χ2n) is 4.20. The molecule has 2 nitrogen and oxygen atoms in total. The minimum atomic E-state index is 0.620. The fraction of sp³-hybridized carbons (Fsp3) is 0.600. The zero-order chi connectivity index (χ0) is 8.18. The summed E-state index contributed by atoms with van der Waals surface area (Å²) < 4.78 is 0. The Bertz CT molecular complexity index is 309. The highest BCUT2D eigenvalue weighted by atomic mass is 14.9. The minimum absolute atomic E-state index is 0.620. The van der Waals surface area contributed by atoms with Gasteiger partial charge in [-0.25, -0.2) is 0 Å². The maximum absolute atomic E-state index is 3.44. The van der Waals surface area contributed by atoms with Crippen LogP contribution in [0.25, 0.3) is 0 Å². The molecule has 3 rings (SSSR count). The summed E-state index contributed by atoms with van der Waals surface area (Å²) in [5, 5.41) is 3.44. The number of H-pyrrole nitrogens is 1. The fourth-order valence-electron chi connectivity index (χ4n) is 2.73. The van der Waals surface area contributed by atoms with Gasteiger partial charge in [-0.1, -0.05) is 0 Å². The normalized spacial score (nSPS) is 29.2. The van der Waals surface area contributed by atoms with E-state index in [1.807, 2.05) is 0 Å². The van der Waals surface area contributed by atoms with Gasteiger partial charge in [0.2, 0.25) is 0 Å². The maximum Gasteiger partial charge on any atom is 0.0395 e. The topological polar surface area (TPSA) is 27.8 Å². The van der Waals surface area contributed by atoms with E-state index in [1.54, 1.807) is 0 Å². The molecule has 0 amide bonds. The van der Waals surface area contributed by atoms with Gasteiger partial charge in [0.15, 0.2) is 0 Å². The van der Waals surface area contributed by atoms with Gasteiger partial charge in [0.05, 0.1) is 0 Å². The summed E-state index contributed by atoms with van der Waals surface area (Å²) in [6.07, 6.45) is 8.42. The van der Waals surface area contributed by atoms with Crippen LogP contribution >= 0.6 is 0 Å². The quantitative estimate of drug-likeness (QED) is 0.645. The van der Waals surface area contributed by atoms with Gasteiger partial charge in [-0.05, 0) is 42.9 Å². The lowest BCUT2D eigenvalue weighted by Gasteiger charge is -2.17. The lowest BCUT2D eigenvalue weighted by molar-refractivity contribution is 0.389. The Kier molecular flexibility index (Phi) is 1.09. The molecule has 1 atom stereocenters. The van der Waals surface area contributed by atoms with Crippen molar-refractivity contribution in [3.05, 3.63) is 23.5 Å². The van der Waals surface area contributed by atoms with Crippen LogP contribution in [0.2, 0.25) is 0 Å². The molecule has 2 N–H and O–H groups in total. The summed E-state index contributed by atoms with van der Waals surface area (Å²) in [6.45, 7) is 0. The SMILES string of the molecule is CNC1c2c[nH]cc2CC12CC2. The molecule has 0 bridgehead atoms. The molecule has 64 valence electrons. The predicted octanol–water partition coefficient (Wildman–Crippen LogP) is 1.61. The molecule has 2 aliphatic carbocycles. The summed E-state index contributed by atoms with van der Waals surface area (Å²) in [7, 11) is 2.08. The van der Waals surface area contributed by atoms with Crippen molar-refractivity contribution in [2.45, 2.75) is 25.3 Å². The highest BCUT2D eigenvalue weighted by molar-refractivity contribution is 5.38. The number of nitrogens with one attached hydrogen (secondary N) is 2.